The van der Waals surface area contributed by atoms with Crippen LogP contribution in [0.5, 0.6) is 0 Å². The molecule has 0 aliphatic carbocycles. The molecule has 0 aliphatic heterocycles. The third kappa shape index (κ3) is 3.74. The predicted octanol–water partition coefficient (Wildman–Crippen LogP) is 8.25. The van der Waals surface area contributed by atoms with Crippen LogP contribution in [0.1, 0.15) is 75.4 Å². The van der Waals surface area contributed by atoms with Crippen molar-refractivity contribution in [2.45, 2.75) is 72.6 Å². The first-order valence-electron chi connectivity index (χ1n) is 9.88. The van der Waals surface area contributed by atoms with E-state index in [1.807, 2.05) is 11.3 Å². The van der Waals surface area contributed by atoms with Crippen molar-refractivity contribution >= 4 is 21.4 Å². The highest BCUT2D eigenvalue weighted by atomic mass is 32.1. The zero-order valence-electron chi connectivity index (χ0n) is 17.4. The second-order valence-electron chi connectivity index (χ2n) is 8.90. The Morgan fingerprint density at radius 2 is 1.69 bits per heavy atom. The van der Waals surface area contributed by atoms with Gasteiger partial charge < -0.3 is 0 Å². The second kappa shape index (κ2) is 7.19. The van der Waals surface area contributed by atoms with Crippen molar-refractivity contribution in [2.24, 2.45) is 0 Å². The first-order chi connectivity index (χ1) is 12.2. The Morgan fingerprint density at radius 3 is 2.31 bits per heavy atom. The molecule has 2 aromatic carbocycles. The molecule has 0 spiro atoms. The molecular formula is C25H32S. The van der Waals surface area contributed by atoms with Crippen molar-refractivity contribution < 1.29 is 0 Å². The van der Waals surface area contributed by atoms with E-state index in [4.69, 9.17) is 0 Å². The summed E-state index contributed by atoms with van der Waals surface area (Å²) in [6, 6.07) is 14.3. The first-order valence-corrected chi connectivity index (χ1v) is 10.7. The summed E-state index contributed by atoms with van der Waals surface area (Å²) in [5.41, 5.74) is 7.28. The van der Waals surface area contributed by atoms with E-state index >= 15 is 0 Å². The summed E-state index contributed by atoms with van der Waals surface area (Å²) >= 11 is 1.97. The van der Waals surface area contributed by atoms with E-state index in [1.54, 1.807) is 0 Å². The van der Waals surface area contributed by atoms with Gasteiger partial charge in [-0.3, -0.25) is 0 Å². The Hall–Kier alpha value is -1.60. The highest BCUT2D eigenvalue weighted by Crippen LogP contribution is 2.42. The molecule has 0 N–H and O–H groups in total. The van der Waals surface area contributed by atoms with Crippen molar-refractivity contribution in [2.75, 3.05) is 0 Å². The van der Waals surface area contributed by atoms with Crippen LogP contribution in [0.25, 0.3) is 21.2 Å². The van der Waals surface area contributed by atoms with Crippen LogP contribution in [-0.4, -0.2) is 0 Å². The molecule has 0 fully saturated rings. The van der Waals surface area contributed by atoms with Crippen molar-refractivity contribution in [3.05, 3.63) is 58.0 Å². The third-order valence-electron chi connectivity index (χ3n) is 5.18. The molecule has 0 unspecified atom stereocenters. The largest absolute Gasteiger partial charge is 0.139 e. The molecule has 26 heavy (non-hydrogen) atoms. The lowest BCUT2D eigenvalue weighted by atomic mass is 9.91. The Labute approximate surface area is 163 Å². The predicted molar refractivity (Wildman–Crippen MR) is 119 cm³/mol. The summed E-state index contributed by atoms with van der Waals surface area (Å²) in [6.45, 7) is 16.0. The fraction of sp³-hybridized carbons (Fsp3) is 0.440. The van der Waals surface area contributed by atoms with Gasteiger partial charge in [0.1, 0.15) is 0 Å². The average Bonchev–Trinajstić information content (AvgIpc) is 3.00. The van der Waals surface area contributed by atoms with Gasteiger partial charge in [0.15, 0.2) is 0 Å². The number of hydrogen-bond acceptors (Lipinski definition) is 1. The second-order valence-corrected chi connectivity index (χ2v) is 9.95. The summed E-state index contributed by atoms with van der Waals surface area (Å²) in [4.78, 5) is 1.47. The van der Waals surface area contributed by atoms with Gasteiger partial charge in [0.2, 0.25) is 0 Å². The molecule has 0 saturated heterocycles. The normalized spacial score (nSPS) is 12.3. The lowest BCUT2D eigenvalue weighted by molar-refractivity contribution is 0.604. The third-order valence-corrected chi connectivity index (χ3v) is 6.79. The van der Waals surface area contributed by atoms with Gasteiger partial charge in [0.05, 0.1) is 0 Å². The van der Waals surface area contributed by atoms with Gasteiger partial charge in [-0.05, 0) is 70.5 Å². The van der Waals surface area contributed by atoms with Crippen LogP contribution >= 0.6 is 11.3 Å². The maximum atomic E-state index is 2.44. The van der Waals surface area contributed by atoms with Gasteiger partial charge in [-0.1, -0.05) is 66.2 Å². The van der Waals surface area contributed by atoms with Gasteiger partial charge in [-0.25, -0.2) is 0 Å². The van der Waals surface area contributed by atoms with E-state index in [-0.39, 0.29) is 5.41 Å². The number of rotatable bonds is 4. The van der Waals surface area contributed by atoms with Crippen LogP contribution in [0, 0.1) is 6.92 Å². The van der Waals surface area contributed by atoms with Crippen LogP contribution in [0.4, 0.5) is 0 Å². The van der Waals surface area contributed by atoms with Crippen LogP contribution < -0.4 is 0 Å². The smallest absolute Gasteiger partial charge is 0.0424 e. The molecule has 1 heterocycles. The summed E-state index contributed by atoms with van der Waals surface area (Å²) in [7, 11) is 0. The number of aryl methyl sites for hydroxylation is 2. The van der Waals surface area contributed by atoms with Crippen LogP contribution in [0.15, 0.2) is 36.4 Å². The van der Waals surface area contributed by atoms with Crippen molar-refractivity contribution in [3.8, 4) is 11.1 Å². The fourth-order valence-corrected chi connectivity index (χ4v) is 4.71. The lowest BCUT2D eigenvalue weighted by Gasteiger charge is -2.15. The lowest BCUT2D eigenvalue weighted by Crippen LogP contribution is -2.07. The molecule has 0 aliphatic rings. The van der Waals surface area contributed by atoms with Crippen LogP contribution in [0.3, 0.4) is 0 Å². The van der Waals surface area contributed by atoms with Gasteiger partial charge in [0.25, 0.3) is 0 Å². The molecule has 1 aromatic heterocycles. The molecular weight excluding hydrogens is 332 g/mol. The van der Waals surface area contributed by atoms with E-state index in [9.17, 15) is 0 Å². The standard InChI is InChI=1S/C25H32S/c1-8-9-18-11-10-17(4)21(12-18)22-14-19(16(2)3)13-20-15-23(25(5,6)7)26-24(20)22/h10-16H,8-9H2,1-7H3. The van der Waals surface area contributed by atoms with Gasteiger partial charge in [-0.15, -0.1) is 11.3 Å². The molecule has 0 radical (unpaired) electrons. The molecule has 0 saturated carbocycles. The van der Waals surface area contributed by atoms with Crippen molar-refractivity contribution in [1.82, 2.24) is 0 Å². The monoisotopic (exact) mass is 364 g/mol. The zero-order valence-corrected chi connectivity index (χ0v) is 18.2. The van der Waals surface area contributed by atoms with Crippen molar-refractivity contribution in [3.63, 3.8) is 0 Å². The summed E-state index contributed by atoms with van der Waals surface area (Å²) in [5, 5.41) is 1.40. The van der Waals surface area contributed by atoms with E-state index in [0.717, 1.165) is 6.42 Å². The number of thiophene rings is 1. The molecule has 138 valence electrons. The van der Waals surface area contributed by atoms with Crippen molar-refractivity contribution in [1.29, 1.82) is 0 Å². The van der Waals surface area contributed by atoms with Gasteiger partial charge in [0, 0.05) is 15.1 Å². The number of benzene rings is 2. The van der Waals surface area contributed by atoms with Gasteiger partial charge >= 0.3 is 0 Å². The highest BCUT2D eigenvalue weighted by molar-refractivity contribution is 7.19. The quantitative estimate of drug-likeness (QED) is 0.437. The summed E-state index contributed by atoms with van der Waals surface area (Å²) in [6.07, 6.45) is 2.34. The number of hydrogen-bond donors (Lipinski definition) is 0. The molecule has 3 aromatic rings. The Kier molecular flexibility index (Phi) is 5.30. The van der Waals surface area contributed by atoms with Gasteiger partial charge in [-0.2, -0.15) is 0 Å². The minimum absolute atomic E-state index is 0.193. The maximum absolute atomic E-state index is 2.44. The van der Waals surface area contributed by atoms with E-state index in [2.05, 4.69) is 84.9 Å². The SMILES string of the molecule is CCCc1ccc(C)c(-c2cc(C(C)C)cc3cc(C(C)(C)C)sc23)c1. The van der Waals surface area contributed by atoms with E-state index in [0.29, 0.717) is 5.92 Å². The molecule has 1 heteroatoms. The molecule has 0 nitrogen and oxygen atoms in total. The number of fused-ring (bicyclic) bond motifs is 1. The minimum atomic E-state index is 0.193. The van der Waals surface area contributed by atoms with E-state index in [1.165, 1.54) is 49.2 Å². The maximum Gasteiger partial charge on any atom is 0.0424 e. The fourth-order valence-electron chi connectivity index (χ4n) is 3.48. The zero-order chi connectivity index (χ0) is 19.1. The molecule has 0 amide bonds. The molecule has 3 rings (SSSR count). The first kappa shape index (κ1) is 19.2. The molecule has 0 bridgehead atoms. The topological polar surface area (TPSA) is 0 Å². The Morgan fingerprint density at radius 1 is 0.962 bits per heavy atom. The molecule has 0 atom stereocenters. The summed E-state index contributed by atoms with van der Waals surface area (Å²) < 4.78 is 1.44. The van der Waals surface area contributed by atoms with Crippen LogP contribution in [0.2, 0.25) is 0 Å². The highest BCUT2D eigenvalue weighted by Gasteiger charge is 2.20. The Balaban J connectivity index is 2.30. The minimum Gasteiger partial charge on any atom is -0.139 e. The summed E-state index contributed by atoms with van der Waals surface area (Å²) in [5.74, 6) is 0.537. The Bertz CT molecular complexity index is 919. The van der Waals surface area contributed by atoms with E-state index < -0.39 is 0 Å². The average molecular weight is 365 g/mol. The van der Waals surface area contributed by atoms with Crippen LogP contribution in [-0.2, 0) is 11.8 Å².